The Hall–Kier alpha value is -1.65. The molecule has 0 unspecified atom stereocenters. The molecule has 1 heterocycles. The van der Waals surface area contributed by atoms with Gasteiger partial charge in [0.15, 0.2) is 5.78 Å². The van der Waals surface area contributed by atoms with Gasteiger partial charge in [-0.1, -0.05) is 13.5 Å². The number of hydrogen-bond acceptors (Lipinski definition) is 4. The number of hydrogen-bond donors (Lipinski definition) is 1. The van der Waals surface area contributed by atoms with Gasteiger partial charge < -0.3 is 9.84 Å². The van der Waals surface area contributed by atoms with Crippen molar-refractivity contribution in [2.75, 3.05) is 0 Å². The number of carbonyl (C=O) groups is 3. The minimum absolute atomic E-state index is 0.0868. The molecule has 1 saturated heterocycles. The summed E-state index contributed by atoms with van der Waals surface area (Å²) in [6.07, 6.45) is 1.09. The van der Waals surface area contributed by atoms with Crippen LogP contribution in [-0.4, -0.2) is 28.9 Å². The molecule has 1 N–H and O–H groups in total. The van der Waals surface area contributed by atoms with Gasteiger partial charge in [-0.2, -0.15) is 0 Å². The summed E-state index contributed by atoms with van der Waals surface area (Å²) in [7, 11) is 0. The second-order valence-corrected chi connectivity index (χ2v) is 6.09. The Bertz CT molecular complexity index is 481. The van der Waals surface area contributed by atoms with Crippen molar-refractivity contribution in [1.82, 2.24) is 0 Å². The number of ketones is 1. The van der Waals surface area contributed by atoms with Crippen LogP contribution in [0.2, 0.25) is 0 Å². The lowest BCUT2D eigenvalue weighted by Gasteiger charge is -2.29. The molecule has 0 aromatic heterocycles. The van der Waals surface area contributed by atoms with E-state index < -0.39 is 11.4 Å². The second-order valence-electron chi connectivity index (χ2n) is 6.09. The predicted molar refractivity (Wildman–Crippen MR) is 70.9 cm³/mol. The van der Waals surface area contributed by atoms with Crippen molar-refractivity contribution in [3.05, 3.63) is 12.2 Å². The molecule has 20 heavy (non-hydrogen) atoms. The molecule has 2 fully saturated rings. The first kappa shape index (κ1) is 14.8. The molecule has 0 spiro atoms. The lowest BCUT2D eigenvalue weighted by Crippen LogP contribution is -2.38. The molecule has 110 valence electrons. The van der Waals surface area contributed by atoms with Gasteiger partial charge in [-0.05, 0) is 31.8 Å². The second kappa shape index (κ2) is 5.04. The van der Waals surface area contributed by atoms with E-state index in [9.17, 15) is 14.4 Å². The molecule has 0 amide bonds. The van der Waals surface area contributed by atoms with Gasteiger partial charge in [-0.3, -0.25) is 14.4 Å². The summed E-state index contributed by atoms with van der Waals surface area (Å²) in [5.74, 6) is -1.43. The summed E-state index contributed by atoms with van der Waals surface area (Å²) >= 11 is 0. The van der Waals surface area contributed by atoms with Gasteiger partial charge in [0.2, 0.25) is 0 Å². The molecule has 0 bridgehead atoms. The Kier molecular flexibility index (Phi) is 3.71. The van der Waals surface area contributed by atoms with E-state index in [2.05, 4.69) is 6.58 Å². The Labute approximate surface area is 118 Å². The van der Waals surface area contributed by atoms with Gasteiger partial charge in [0, 0.05) is 12.3 Å². The summed E-state index contributed by atoms with van der Waals surface area (Å²) < 4.78 is 5.39. The van der Waals surface area contributed by atoms with E-state index in [1.807, 2.05) is 6.92 Å². The summed E-state index contributed by atoms with van der Waals surface area (Å²) in [6, 6.07) is 0. The highest BCUT2D eigenvalue weighted by Gasteiger charge is 2.58. The highest BCUT2D eigenvalue weighted by atomic mass is 16.6. The van der Waals surface area contributed by atoms with E-state index in [-0.39, 0.29) is 42.5 Å². The number of carbonyl (C=O) groups excluding carboxylic acids is 2. The lowest BCUT2D eigenvalue weighted by molar-refractivity contribution is -0.150. The number of Topliss-reactive ketones (excluding diaryl/α,β-unsaturated/α-hetero) is 1. The number of aliphatic carboxylic acids is 1. The van der Waals surface area contributed by atoms with Crippen molar-refractivity contribution in [2.24, 2.45) is 17.3 Å². The van der Waals surface area contributed by atoms with Gasteiger partial charge in [-0.15, -0.1) is 0 Å². The number of carboxylic acids is 1. The first-order chi connectivity index (χ1) is 9.27. The van der Waals surface area contributed by atoms with Gasteiger partial charge in [-0.25, -0.2) is 0 Å². The van der Waals surface area contributed by atoms with E-state index in [4.69, 9.17) is 9.84 Å². The third kappa shape index (κ3) is 2.25. The molecular weight excluding hydrogens is 260 g/mol. The third-order valence-electron chi connectivity index (χ3n) is 4.75. The molecule has 5 heteroatoms. The Morgan fingerprint density at radius 1 is 1.45 bits per heavy atom. The van der Waals surface area contributed by atoms with Crippen LogP contribution < -0.4 is 0 Å². The van der Waals surface area contributed by atoms with E-state index in [0.717, 1.165) is 6.42 Å². The Morgan fingerprint density at radius 3 is 2.70 bits per heavy atom. The summed E-state index contributed by atoms with van der Waals surface area (Å²) in [4.78, 5) is 34.8. The number of ether oxygens (including phenoxy) is 1. The van der Waals surface area contributed by atoms with Crippen molar-refractivity contribution in [2.45, 2.75) is 45.6 Å². The first-order valence-electron chi connectivity index (χ1n) is 6.92. The smallest absolute Gasteiger partial charge is 0.309 e. The third-order valence-corrected chi connectivity index (χ3v) is 4.75. The van der Waals surface area contributed by atoms with Crippen LogP contribution in [0.15, 0.2) is 12.2 Å². The molecule has 5 nitrogen and oxygen atoms in total. The van der Waals surface area contributed by atoms with E-state index in [1.165, 1.54) is 0 Å². The maximum absolute atomic E-state index is 12.6. The Balaban J connectivity index is 2.11. The largest absolute Gasteiger partial charge is 0.481 e. The maximum atomic E-state index is 12.6. The number of rotatable bonds is 5. The van der Waals surface area contributed by atoms with Gasteiger partial charge in [0.05, 0.1) is 11.3 Å². The molecule has 4 atom stereocenters. The zero-order chi connectivity index (χ0) is 15.1. The molecule has 2 aliphatic rings. The van der Waals surface area contributed by atoms with E-state index in [1.54, 1.807) is 6.92 Å². The van der Waals surface area contributed by atoms with E-state index in [0.29, 0.717) is 12.0 Å². The monoisotopic (exact) mass is 280 g/mol. The predicted octanol–water partition coefficient (Wildman–Crippen LogP) is 1.95. The minimum Gasteiger partial charge on any atom is -0.481 e. The van der Waals surface area contributed by atoms with Gasteiger partial charge in [0.1, 0.15) is 6.10 Å². The Morgan fingerprint density at radius 2 is 2.10 bits per heavy atom. The molecule has 1 saturated carbocycles. The standard InChI is InChI=1S/C15H20O5/c1-8(4-5-11(16)17)12(18)15(3)7-6-10-9(2)14(19)20-13(10)15/h9-10,13H,1,4-7H2,2-3H3,(H,16,17)/t9-,10-,13-,15-/m0/s1. The quantitative estimate of drug-likeness (QED) is 0.615. The van der Waals surface area contributed by atoms with E-state index >= 15 is 0 Å². The fourth-order valence-electron chi connectivity index (χ4n) is 3.39. The van der Waals surface area contributed by atoms with Crippen molar-refractivity contribution in [3.63, 3.8) is 0 Å². The molecule has 2 rings (SSSR count). The van der Waals surface area contributed by atoms with Crippen molar-refractivity contribution in [3.8, 4) is 0 Å². The van der Waals surface area contributed by atoms with Crippen molar-refractivity contribution in [1.29, 1.82) is 0 Å². The number of allylic oxidation sites excluding steroid dienone is 1. The SMILES string of the molecule is C=C(CCC(=O)O)C(=O)[C@]1(C)CC[C@H]2[C@H](C)C(=O)O[C@@H]21. The highest BCUT2D eigenvalue weighted by molar-refractivity contribution is 6.00. The van der Waals surface area contributed by atoms with Gasteiger partial charge in [0.25, 0.3) is 0 Å². The van der Waals surface area contributed by atoms with Crippen LogP contribution >= 0.6 is 0 Å². The number of carboxylic acid groups (broad SMARTS) is 1. The zero-order valence-corrected chi connectivity index (χ0v) is 11.8. The summed E-state index contributed by atoms with van der Waals surface area (Å²) in [5, 5.41) is 8.67. The molecule has 1 aliphatic carbocycles. The van der Waals surface area contributed by atoms with Crippen LogP contribution in [0.3, 0.4) is 0 Å². The molecule has 0 radical (unpaired) electrons. The fraction of sp³-hybridized carbons (Fsp3) is 0.667. The van der Waals surface area contributed by atoms with Crippen LogP contribution in [0.4, 0.5) is 0 Å². The average Bonchev–Trinajstić information content (AvgIpc) is 2.86. The number of fused-ring (bicyclic) bond motifs is 1. The average molecular weight is 280 g/mol. The molecule has 1 aliphatic heterocycles. The first-order valence-corrected chi connectivity index (χ1v) is 6.92. The normalized spacial score (nSPS) is 35.5. The lowest BCUT2D eigenvalue weighted by atomic mass is 9.76. The van der Waals surface area contributed by atoms with Crippen molar-refractivity contribution < 1.29 is 24.2 Å². The van der Waals surface area contributed by atoms with Crippen molar-refractivity contribution >= 4 is 17.7 Å². The topological polar surface area (TPSA) is 80.7 Å². The van der Waals surface area contributed by atoms with Crippen LogP contribution in [0, 0.1) is 17.3 Å². The maximum Gasteiger partial charge on any atom is 0.309 e. The number of esters is 1. The van der Waals surface area contributed by atoms with Crippen LogP contribution in [-0.2, 0) is 19.1 Å². The zero-order valence-electron chi connectivity index (χ0n) is 11.8. The summed E-state index contributed by atoms with van der Waals surface area (Å²) in [5.41, 5.74) is -0.438. The summed E-state index contributed by atoms with van der Waals surface area (Å²) in [6.45, 7) is 7.35. The minimum atomic E-state index is -0.950. The molecule has 0 aromatic carbocycles. The fourth-order valence-corrected chi connectivity index (χ4v) is 3.39. The highest BCUT2D eigenvalue weighted by Crippen LogP contribution is 2.52. The van der Waals surface area contributed by atoms with Crippen LogP contribution in [0.1, 0.15) is 39.5 Å². The van der Waals surface area contributed by atoms with Crippen LogP contribution in [0.25, 0.3) is 0 Å². The molecule has 0 aromatic rings. The molecular formula is C15H20O5. The van der Waals surface area contributed by atoms with Gasteiger partial charge >= 0.3 is 11.9 Å². The van der Waals surface area contributed by atoms with Crippen LogP contribution in [0.5, 0.6) is 0 Å².